The molecule has 17 nitrogen and oxygen atoms in total. The lowest BCUT2D eigenvalue weighted by molar-refractivity contribution is 0.0745. The predicted octanol–water partition coefficient (Wildman–Crippen LogP) is 7.83. The van der Waals surface area contributed by atoms with Crippen LogP contribution in [0.2, 0.25) is 0 Å². The van der Waals surface area contributed by atoms with Crippen LogP contribution < -0.4 is 20.3 Å². The number of amides is 1. The molecule has 5 fully saturated rings. The van der Waals surface area contributed by atoms with Crippen LogP contribution in [-0.2, 0) is 6.54 Å². The number of carbonyl (C=O) groups excluding carboxylic acids is 1. The van der Waals surface area contributed by atoms with Crippen LogP contribution >= 0.6 is 0 Å². The maximum atomic E-state index is 17.2. The molecule has 4 aliphatic heterocycles. The van der Waals surface area contributed by atoms with Gasteiger partial charge >= 0.3 is 6.01 Å². The number of phenols is 3. The number of halogens is 1. The number of ether oxygens (including phenoxy) is 1. The van der Waals surface area contributed by atoms with E-state index in [9.17, 15) is 20.1 Å². The van der Waals surface area contributed by atoms with Gasteiger partial charge in [-0.1, -0.05) is 44.0 Å². The van der Waals surface area contributed by atoms with Crippen molar-refractivity contribution in [2.45, 2.75) is 83.8 Å². The highest BCUT2D eigenvalue weighted by Gasteiger charge is 2.46. The first kappa shape index (κ1) is 52.3. The number of rotatable bonds is 16. The number of anilines is 1. The van der Waals surface area contributed by atoms with Crippen LogP contribution in [0.3, 0.4) is 0 Å². The Bertz CT molecular complexity index is 3460. The molecular formula is C61H69FN12O5. The van der Waals surface area contributed by atoms with Gasteiger partial charge in [-0.25, -0.2) is 4.39 Å². The Kier molecular flexibility index (Phi) is 14.3. The van der Waals surface area contributed by atoms with Gasteiger partial charge in [-0.3, -0.25) is 19.2 Å². The van der Waals surface area contributed by atoms with Gasteiger partial charge in [0, 0.05) is 117 Å². The first-order valence-electron chi connectivity index (χ1n) is 28.1. The molecule has 1 amide bonds. The molecule has 0 spiro atoms. The number of hydrogen-bond donors (Lipinski definition) is 5. The summed E-state index contributed by atoms with van der Waals surface area (Å²) in [6.45, 7) is 17.1. The van der Waals surface area contributed by atoms with E-state index in [1.807, 2.05) is 45.0 Å². The molecule has 410 valence electrons. The Labute approximate surface area is 459 Å². The van der Waals surface area contributed by atoms with E-state index in [0.717, 1.165) is 116 Å². The first-order valence-corrected chi connectivity index (χ1v) is 28.1. The lowest BCUT2D eigenvalue weighted by atomic mass is 9.95. The summed E-state index contributed by atoms with van der Waals surface area (Å²) in [4.78, 5) is 37.6. The molecule has 2 unspecified atom stereocenters. The fraction of sp³-hybridized carbons (Fsp3) is 0.443. The van der Waals surface area contributed by atoms with Gasteiger partial charge in [0.25, 0.3) is 5.91 Å². The minimum Gasteiger partial charge on any atom is -0.508 e. The average molecular weight is 1070 g/mol. The van der Waals surface area contributed by atoms with E-state index in [-0.39, 0.29) is 57.5 Å². The van der Waals surface area contributed by atoms with Crippen LogP contribution in [0.15, 0.2) is 72.9 Å². The van der Waals surface area contributed by atoms with Crippen molar-refractivity contribution in [3.63, 3.8) is 0 Å². The third-order valence-electron chi connectivity index (χ3n) is 17.1. The summed E-state index contributed by atoms with van der Waals surface area (Å²) in [5, 5.41) is 49.3. The average Bonchev–Trinajstić information content (AvgIpc) is 4.13. The second-order valence-electron chi connectivity index (χ2n) is 23.0. The summed E-state index contributed by atoms with van der Waals surface area (Å²) in [6, 6.07) is 20.6. The normalized spacial score (nSPS) is 19.8. The molecule has 79 heavy (non-hydrogen) atoms. The number of terminal acetylenes is 1. The summed E-state index contributed by atoms with van der Waals surface area (Å²) in [6.07, 6.45) is 14.1. The summed E-state index contributed by atoms with van der Waals surface area (Å²) in [5.41, 5.74) is 4.05. The van der Waals surface area contributed by atoms with Gasteiger partial charge in [0.05, 0.1) is 17.6 Å². The molecular weight excluding hydrogens is 1000 g/mol. The Morgan fingerprint density at radius 3 is 2.34 bits per heavy atom. The van der Waals surface area contributed by atoms with Crippen LogP contribution in [0.4, 0.5) is 10.2 Å². The van der Waals surface area contributed by atoms with Crippen molar-refractivity contribution >= 4 is 33.4 Å². The van der Waals surface area contributed by atoms with Gasteiger partial charge in [0.15, 0.2) is 11.6 Å². The number of likely N-dealkylation sites (tertiary alicyclic amines) is 1. The minimum atomic E-state index is -0.610. The van der Waals surface area contributed by atoms with E-state index in [0.29, 0.717) is 86.9 Å². The highest BCUT2D eigenvalue weighted by molar-refractivity contribution is 6.03. The lowest BCUT2D eigenvalue weighted by Gasteiger charge is -2.39. The largest absolute Gasteiger partial charge is 0.508 e. The minimum absolute atomic E-state index is 0.000483. The number of benzene rings is 4. The van der Waals surface area contributed by atoms with Gasteiger partial charge in [-0.2, -0.15) is 9.97 Å². The molecule has 1 aliphatic carbocycles. The lowest BCUT2D eigenvalue weighted by Crippen LogP contribution is -2.51. The Balaban J connectivity index is 0.661. The van der Waals surface area contributed by atoms with Gasteiger partial charge < -0.3 is 45.4 Å². The van der Waals surface area contributed by atoms with Crippen molar-refractivity contribution in [2.24, 2.45) is 11.3 Å². The molecule has 3 aromatic heterocycles. The highest BCUT2D eigenvalue weighted by Crippen LogP contribution is 2.47. The van der Waals surface area contributed by atoms with E-state index >= 15 is 4.39 Å². The van der Waals surface area contributed by atoms with Crippen LogP contribution in [0.5, 0.6) is 23.3 Å². The number of aromatic hydroxyl groups is 3. The number of pyridine rings is 1. The van der Waals surface area contributed by atoms with Crippen molar-refractivity contribution in [1.82, 2.24) is 55.0 Å². The first-order chi connectivity index (χ1) is 38.3. The van der Waals surface area contributed by atoms with Crippen LogP contribution in [-0.4, -0.2) is 156 Å². The molecule has 2 bridgehead atoms. The number of carbonyl (C=O) groups is 1. The Morgan fingerprint density at radius 1 is 0.886 bits per heavy atom. The number of nitrogens with one attached hydrogen (secondary N) is 2. The van der Waals surface area contributed by atoms with E-state index in [1.165, 1.54) is 12.1 Å². The monoisotopic (exact) mass is 1070 g/mol. The van der Waals surface area contributed by atoms with Crippen molar-refractivity contribution in [1.29, 1.82) is 0 Å². The molecule has 5 aliphatic rings. The second kappa shape index (κ2) is 21.7. The molecule has 7 aromatic rings. The number of aromatic nitrogens is 6. The quantitative estimate of drug-likeness (QED) is 0.0588. The van der Waals surface area contributed by atoms with Crippen LogP contribution in [0.1, 0.15) is 92.5 Å². The van der Waals surface area contributed by atoms with Crippen LogP contribution in [0.25, 0.3) is 50.0 Å². The van der Waals surface area contributed by atoms with E-state index in [1.54, 1.807) is 29.0 Å². The highest BCUT2D eigenvalue weighted by atomic mass is 19.1. The third-order valence-corrected chi connectivity index (χ3v) is 17.1. The summed E-state index contributed by atoms with van der Waals surface area (Å²) in [7, 11) is 0. The number of fused-ring (bicyclic) bond motifs is 4. The van der Waals surface area contributed by atoms with Crippen molar-refractivity contribution in [3.05, 3.63) is 101 Å². The molecule has 0 radical (unpaired) electrons. The maximum Gasteiger partial charge on any atom is 0.319 e. The van der Waals surface area contributed by atoms with Crippen LogP contribution in [0, 0.1) is 29.5 Å². The predicted molar refractivity (Wildman–Crippen MR) is 302 cm³/mol. The van der Waals surface area contributed by atoms with Crippen molar-refractivity contribution in [3.8, 4) is 63.9 Å². The Morgan fingerprint density at radius 2 is 1.63 bits per heavy atom. The topological polar surface area (TPSA) is 193 Å². The summed E-state index contributed by atoms with van der Waals surface area (Å²) >= 11 is 0. The zero-order valence-corrected chi connectivity index (χ0v) is 45.3. The number of nitrogens with zero attached hydrogens (tertiary/aromatic N) is 10. The number of phenolic OH excluding ortho intramolecular Hbond substituents is 3. The number of piperazine rings is 2. The molecule has 2 atom stereocenters. The van der Waals surface area contributed by atoms with E-state index in [2.05, 4.69) is 63.5 Å². The van der Waals surface area contributed by atoms with Gasteiger partial charge in [-0.15, -0.1) is 16.6 Å². The summed E-state index contributed by atoms with van der Waals surface area (Å²) < 4.78 is 25.4. The SMILES string of the molecule is C#Cc1cccc2cc(O)cc(-c3ncc4c(N5CC6CCC(C5)N6)nc(OCC5(CN6CCN(CC7CCN(Cc8ccc(-n9c(C(=O)NCC)nnc9-c9cc(C(C)C)c(O)cc9O)cc8)CC7)CC6)CC5)nc4c3F)c12. The molecule has 5 N–H and O–H groups in total. The molecule has 4 aromatic carbocycles. The third kappa shape index (κ3) is 10.6. The maximum absolute atomic E-state index is 17.2. The fourth-order valence-corrected chi connectivity index (χ4v) is 12.6. The number of piperidine rings is 1. The fourth-order valence-electron chi connectivity index (χ4n) is 12.6. The number of hydrogen-bond acceptors (Lipinski definition) is 15. The van der Waals surface area contributed by atoms with Crippen molar-refractivity contribution in [2.75, 3.05) is 83.5 Å². The smallest absolute Gasteiger partial charge is 0.319 e. The molecule has 7 heterocycles. The standard InChI is InChI=1S/C61H69FN12O5/c1-5-40-8-7-9-41-26-45(75)27-48(52(40)41)54-53(62)55-49(30-64-54)56(73-33-42-12-13-43(34-73)65-42)67-60(66-55)79-36-61(18-19-61)35-72-24-22-71(23-25-72)32-39-16-20-70(21-17-39)31-38-10-14-44(15-11-38)74-57(68-69-58(74)59(78)63-6-2)47-28-46(37(3)4)50(76)29-51(47)77/h1,7-11,14-15,26-30,37,39,42-43,65,75-77H,6,12-13,16-25,31-36H2,2-4H3,(H,63,78). The van der Waals surface area contributed by atoms with Crippen molar-refractivity contribution < 1.29 is 29.2 Å². The summed E-state index contributed by atoms with van der Waals surface area (Å²) in [5.74, 6) is 3.26. The molecule has 1 saturated carbocycles. The van der Waals surface area contributed by atoms with Gasteiger partial charge in [-0.05, 0) is 123 Å². The Hall–Kier alpha value is -7.43. The van der Waals surface area contributed by atoms with Gasteiger partial charge in [0.1, 0.15) is 34.3 Å². The van der Waals surface area contributed by atoms with E-state index < -0.39 is 5.82 Å². The molecule has 4 saturated heterocycles. The zero-order valence-electron chi connectivity index (χ0n) is 45.3. The molecule has 12 rings (SSSR count). The van der Waals surface area contributed by atoms with Gasteiger partial charge in [0.2, 0.25) is 5.82 Å². The van der Waals surface area contributed by atoms with E-state index in [4.69, 9.17) is 21.1 Å². The molecule has 18 heteroatoms. The zero-order chi connectivity index (χ0) is 54.5. The second-order valence-corrected chi connectivity index (χ2v) is 23.0.